The normalized spacial score (nSPS) is 18.3. The molecule has 0 radical (unpaired) electrons. The van der Waals surface area contributed by atoms with Crippen molar-refractivity contribution in [3.63, 3.8) is 0 Å². The van der Waals surface area contributed by atoms with Gasteiger partial charge in [0.2, 0.25) is 5.89 Å². The molecule has 6 nitrogen and oxygen atoms in total. The van der Waals surface area contributed by atoms with Crippen LogP contribution in [0.15, 0.2) is 53.1 Å². The predicted molar refractivity (Wildman–Crippen MR) is 129 cm³/mol. The maximum absolute atomic E-state index is 13.0. The molecule has 192 valence electrons. The zero-order valence-electron chi connectivity index (χ0n) is 20.4. The fraction of sp³-hybridized carbons (Fsp3) is 0.481. The first-order chi connectivity index (χ1) is 17.4. The Morgan fingerprint density at radius 2 is 1.86 bits per heavy atom. The van der Waals surface area contributed by atoms with Crippen molar-refractivity contribution in [2.45, 2.75) is 49.7 Å². The molecule has 1 aliphatic heterocycles. The van der Waals surface area contributed by atoms with Crippen molar-refractivity contribution >= 4 is 0 Å². The van der Waals surface area contributed by atoms with Gasteiger partial charge in [-0.2, -0.15) is 18.2 Å². The van der Waals surface area contributed by atoms with E-state index in [2.05, 4.69) is 32.5 Å². The first-order valence-corrected chi connectivity index (χ1v) is 12.5. The smallest absolute Gasteiger partial charge is 0.416 e. The van der Waals surface area contributed by atoms with E-state index in [0.29, 0.717) is 12.4 Å². The number of aromatic nitrogens is 2. The van der Waals surface area contributed by atoms with Crippen LogP contribution in [0.2, 0.25) is 0 Å². The third kappa shape index (κ3) is 5.42. The molecule has 0 spiro atoms. The Labute approximate surface area is 208 Å². The van der Waals surface area contributed by atoms with Gasteiger partial charge in [-0.05, 0) is 74.0 Å². The lowest BCUT2D eigenvalue weighted by Crippen LogP contribution is -2.37. The molecule has 0 amide bonds. The fourth-order valence-corrected chi connectivity index (χ4v) is 5.09. The van der Waals surface area contributed by atoms with E-state index >= 15 is 0 Å². The van der Waals surface area contributed by atoms with E-state index in [0.717, 1.165) is 75.1 Å². The minimum atomic E-state index is -4.30. The van der Waals surface area contributed by atoms with Gasteiger partial charge in [0.25, 0.3) is 0 Å². The fourth-order valence-electron chi connectivity index (χ4n) is 5.09. The van der Waals surface area contributed by atoms with Gasteiger partial charge in [-0.1, -0.05) is 35.5 Å². The highest BCUT2D eigenvalue weighted by Gasteiger charge is 2.50. The van der Waals surface area contributed by atoms with Gasteiger partial charge in [0, 0.05) is 13.1 Å². The number of piperidine rings is 1. The Balaban J connectivity index is 1.06. The number of likely N-dealkylation sites (tertiary alicyclic amines) is 1. The number of alkyl halides is 3. The number of hydrogen-bond acceptors (Lipinski definition) is 6. The van der Waals surface area contributed by atoms with E-state index in [1.807, 2.05) is 18.2 Å². The molecule has 9 heteroatoms. The largest absolute Gasteiger partial charge is 0.497 e. The molecule has 0 bridgehead atoms. The molecule has 1 N–H and O–H groups in total. The molecule has 2 aromatic carbocycles. The van der Waals surface area contributed by atoms with Gasteiger partial charge >= 0.3 is 6.18 Å². The molecule has 2 fully saturated rings. The molecular formula is C27H31F3N4O2. The van der Waals surface area contributed by atoms with Crippen molar-refractivity contribution in [3.8, 4) is 5.75 Å². The molecule has 3 aromatic rings. The molecule has 5 rings (SSSR count). The van der Waals surface area contributed by atoms with Crippen LogP contribution in [-0.4, -0.2) is 48.3 Å². The summed E-state index contributed by atoms with van der Waals surface area (Å²) in [6.07, 6.45) is -0.565. The quantitative estimate of drug-likeness (QED) is 0.410. The highest BCUT2D eigenvalue weighted by molar-refractivity contribution is 5.41. The second kappa shape index (κ2) is 10.2. The van der Waals surface area contributed by atoms with Gasteiger partial charge in [-0.15, -0.1) is 0 Å². The van der Waals surface area contributed by atoms with Crippen LogP contribution in [-0.2, 0) is 18.1 Å². The molecule has 1 saturated carbocycles. The number of hydrogen-bond donors (Lipinski definition) is 1. The SMILES string of the molecule is COc1ccc(C2(c3noc(CNCCN4CCC(c5cccc(C(F)(F)F)c5)CC4)n3)CC2)cc1. The standard InChI is InChI=1S/C27H31F3N4O2/c1-35-23-7-5-21(6-8-23)26(11-12-26)25-32-24(36-33-25)18-31-13-16-34-14-9-19(10-15-34)20-3-2-4-22(17-20)27(28,29)30/h2-8,17,19,31H,9-16,18H2,1H3. The summed E-state index contributed by atoms with van der Waals surface area (Å²) in [6.45, 7) is 3.89. The van der Waals surface area contributed by atoms with E-state index in [-0.39, 0.29) is 11.3 Å². The third-order valence-corrected chi connectivity index (χ3v) is 7.44. The van der Waals surface area contributed by atoms with Gasteiger partial charge in [0.15, 0.2) is 5.82 Å². The van der Waals surface area contributed by atoms with Crippen LogP contribution in [0, 0.1) is 0 Å². The topological polar surface area (TPSA) is 63.4 Å². The molecular weight excluding hydrogens is 469 g/mol. The molecule has 0 atom stereocenters. The van der Waals surface area contributed by atoms with Crippen LogP contribution in [0.5, 0.6) is 5.75 Å². The van der Waals surface area contributed by atoms with E-state index in [1.165, 1.54) is 17.7 Å². The van der Waals surface area contributed by atoms with Crippen LogP contribution >= 0.6 is 0 Å². The van der Waals surface area contributed by atoms with Crippen LogP contribution < -0.4 is 10.1 Å². The summed E-state index contributed by atoms with van der Waals surface area (Å²) >= 11 is 0. The Morgan fingerprint density at radius 1 is 1.11 bits per heavy atom. The zero-order chi connectivity index (χ0) is 25.2. The van der Waals surface area contributed by atoms with E-state index < -0.39 is 11.7 Å². The average molecular weight is 501 g/mol. The van der Waals surface area contributed by atoms with Crippen LogP contribution in [0.3, 0.4) is 0 Å². The summed E-state index contributed by atoms with van der Waals surface area (Å²) in [7, 11) is 1.66. The monoisotopic (exact) mass is 500 g/mol. The molecule has 36 heavy (non-hydrogen) atoms. The van der Waals surface area contributed by atoms with E-state index in [9.17, 15) is 13.2 Å². The molecule has 2 aliphatic rings. The van der Waals surface area contributed by atoms with Gasteiger partial charge in [0.1, 0.15) is 5.75 Å². The highest BCUT2D eigenvalue weighted by atomic mass is 19.4. The van der Waals surface area contributed by atoms with E-state index in [4.69, 9.17) is 9.26 Å². The van der Waals surface area contributed by atoms with Crippen LogP contribution in [0.1, 0.15) is 60.0 Å². The third-order valence-electron chi connectivity index (χ3n) is 7.44. The number of benzene rings is 2. The number of ether oxygens (including phenoxy) is 1. The van der Waals surface area contributed by atoms with Crippen molar-refractivity contribution in [2.24, 2.45) is 0 Å². The Morgan fingerprint density at radius 3 is 2.53 bits per heavy atom. The predicted octanol–water partition coefficient (Wildman–Crippen LogP) is 5.15. The molecule has 1 aromatic heterocycles. The number of nitrogens with zero attached hydrogens (tertiary/aromatic N) is 3. The Kier molecular flexibility index (Phi) is 7.03. The van der Waals surface area contributed by atoms with Crippen molar-refractivity contribution < 1.29 is 22.4 Å². The first-order valence-electron chi connectivity index (χ1n) is 12.5. The maximum atomic E-state index is 13.0. The second-order valence-corrected chi connectivity index (χ2v) is 9.74. The van der Waals surface area contributed by atoms with Crippen LogP contribution in [0.4, 0.5) is 13.2 Å². The molecule has 0 unspecified atom stereocenters. The summed E-state index contributed by atoms with van der Waals surface area (Å²) in [5.41, 5.74) is 1.25. The van der Waals surface area contributed by atoms with Gasteiger partial charge < -0.3 is 19.5 Å². The van der Waals surface area contributed by atoms with Crippen LogP contribution in [0.25, 0.3) is 0 Å². The van der Waals surface area contributed by atoms with E-state index in [1.54, 1.807) is 7.11 Å². The van der Waals surface area contributed by atoms with Crippen molar-refractivity contribution in [1.82, 2.24) is 20.4 Å². The summed E-state index contributed by atoms with van der Waals surface area (Å²) in [4.78, 5) is 7.00. The van der Waals surface area contributed by atoms with Gasteiger partial charge in [-0.3, -0.25) is 0 Å². The number of nitrogens with one attached hydrogen (secondary N) is 1. The number of halogens is 3. The van der Waals surface area contributed by atoms with Crippen molar-refractivity contribution in [2.75, 3.05) is 33.3 Å². The lowest BCUT2D eigenvalue weighted by atomic mass is 9.88. The maximum Gasteiger partial charge on any atom is 0.416 e. The number of methoxy groups -OCH3 is 1. The number of rotatable bonds is 9. The van der Waals surface area contributed by atoms with Gasteiger partial charge in [0.05, 0.1) is 24.6 Å². The summed E-state index contributed by atoms with van der Waals surface area (Å²) < 4.78 is 49.8. The second-order valence-electron chi connectivity index (χ2n) is 9.74. The summed E-state index contributed by atoms with van der Waals surface area (Å²) in [6, 6.07) is 13.8. The Hall–Kier alpha value is -2.91. The minimum Gasteiger partial charge on any atom is -0.497 e. The summed E-state index contributed by atoms with van der Waals surface area (Å²) in [5, 5.41) is 7.63. The zero-order valence-corrected chi connectivity index (χ0v) is 20.4. The molecule has 1 aliphatic carbocycles. The van der Waals surface area contributed by atoms with Gasteiger partial charge in [-0.25, -0.2) is 0 Å². The minimum absolute atomic E-state index is 0.155. The Bertz CT molecular complexity index is 1150. The average Bonchev–Trinajstić information content (AvgIpc) is 3.57. The summed E-state index contributed by atoms with van der Waals surface area (Å²) in [5.74, 6) is 2.32. The molecule has 2 heterocycles. The first kappa shape index (κ1) is 24.8. The lowest BCUT2D eigenvalue weighted by molar-refractivity contribution is -0.137. The van der Waals surface area contributed by atoms with Crippen molar-refractivity contribution in [1.29, 1.82) is 0 Å². The highest BCUT2D eigenvalue weighted by Crippen LogP contribution is 2.52. The lowest BCUT2D eigenvalue weighted by Gasteiger charge is -2.32. The van der Waals surface area contributed by atoms with Crippen molar-refractivity contribution in [3.05, 3.63) is 76.9 Å². The molecule has 1 saturated heterocycles.